The molecular weight excluding hydrogens is 435 g/mol. The van der Waals surface area contributed by atoms with E-state index in [1.165, 1.54) is 6.21 Å². The van der Waals surface area contributed by atoms with E-state index < -0.39 is 11.8 Å². The van der Waals surface area contributed by atoms with E-state index in [4.69, 9.17) is 23.2 Å². The zero-order valence-corrected chi connectivity index (χ0v) is 19.1. The lowest BCUT2D eigenvalue weighted by molar-refractivity contribution is -0.136. The van der Waals surface area contributed by atoms with Gasteiger partial charge in [-0.25, -0.2) is 5.43 Å². The smallest absolute Gasteiger partial charge is 0.318 e. The summed E-state index contributed by atoms with van der Waals surface area (Å²) in [6.07, 6.45) is 1.49. The van der Waals surface area contributed by atoms with Crippen molar-refractivity contribution in [3.8, 4) is 5.69 Å². The van der Waals surface area contributed by atoms with Crippen molar-refractivity contribution in [2.45, 2.75) is 27.7 Å². The van der Waals surface area contributed by atoms with Crippen molar-refractivity contribution in [1.82, 2.24) is 9.99 Å². The Labute approximate surface area is 190 Å². The lowest BCUT2D eigenvalue weighted by Gasteiger charge is -2.10. The van der Waals surface area contributed by atoms with Crippen LogP contribution in [0.4, 0.5) is 5.69 Å². The Morgan fingerprint density at radius 1 is 0.935 bits per heavy atom. The van der Waals surface area contributed by atoms with Gasteiger partial charge in [0.2, 0.25) is 0 Å². The average molecular weight is 457 g/mol. The molecule has 0 aliphatic carbocycles. The molecule has 2 amide bonds. The molecular formula is C23H22Cl2N4O2. The van der Waals surface area contributed by atoms with E-state index in [9.17, 15) is 9.59 Å². The number of hydrogen-bond donors (Lipinski definition) is 2. The summed E-state index contributed by atoms with van der Waals surface area (Å²) in [5, 5.41) is 7.61. The van der Waals surface area contributed by atoms with E-state index in [2.05, 4.69) is 15.8 Å². The molecule has 0 unspecified atom stereocenters. The van der Waals surface area contributed by atoms with Crippen molar-refractivity contribution in [2.75, 3.05) is 5.32 Å². The molecule has 0 saturated carbocycles. The molecule has 160 valence electrons. The van der Waals surface area contributed by atoms with E-state index in [-0.39, 0.29) is 0 Å². The van der Waals surface area contributed by atoms with Gasteiger partial charge in [0.05, 0.1) is 6.21 Å². The zero-order chi connectivity index (χ0) is 22.7. The molecule has 31 heavy (non-hydrogen) atoms. The monoisotopic (exact) mass is 456 g/mol. The van der Waals surface area contributed by atoms with Crippen LogP contribution in [-0.2, 0) is 9.59 Å². The van der Waals surface area contributed by atoms with E-state index >= 15 is 0 Å². The molecule has 0 aliphatic heterocycles. The third kappa shape index (κ3) is 5.34. The first-order valence-electron chi connectivity index (χ1n) is 9.52. The van der Waals surface area contributed by atoms with Crippen molar-refractivity contribution in [2.24, 2.45) is 5.10 Å². The summed E-state index contributed by atoms with van der Waals surface area (Å²) in [7, 11) is 0. The number of benzene rings is 2. The van der Waals surface area contributed by atoms with Crippen LogP contribution in [0.25, 0.3) is 5.69 Å². The molecule has 0 radical (unpaired) electrons. The number of aromatic nitrogens is 1. The predicted molar refractivity (Wildman–Crippen MR) is 126 cm³/mol. The highest BCUT2D eigenvalue weighted by Crippen LogP contribution is 2.26. The maximum Gasteiger partial charge on any atom is 0.329 e. The fraction of sp³-hybridized carbons (Fsp3) is 0.174. The van der Waals surface area contributed by atoms with Gasteiger partial charge in [-0.05, 0) is 69.2 Å². The van der Waals surface area contributed by atoms with Gasteiger partial charge < -0.3 is 9.88 Å². The summed E-state index contributed by atoms with van der Waals surface area (Å²) in [6.45, 7) is 7.62. The highest BCUT2D eigenvalue weighted by Gasteiger charge is 2.15. The number of hydrazone groups is 1. The van der Waals surface area contributed by atoms with E-state index in [1.807, 2.05) is 62.6 Å². The van der Waals surface area contributed by atoms with Gasteiger partial charge in [-0.15, -0.1) is 0 Å². The largest absolute Gasteiger partial charge is 0.329 e. The number of aryl methyl sites for hydroxylation is 3. The van der Waals surface area contributed by atoms with Crippen molar-refractivity contribution in [3.63, 3.8) is 0 Å². The molecule has 0 spiro atoms. The minimum Gasteiger partial charge on any atom is -0.318 e. The first-order valence-corrected chi connectivity index (χ1v) is 10.3. The van der Waals surface area contributed by atoms with E-state index in [0.29, 0.717) is 15.7 Å². The summed E-state index contributed by atoms with van der Waals surface area (Å²) in [6, 6.07) is 12.8. The molecule has 0 saturated heterocycles. The molecule has 0 atom stereocenters. The SMILES string of the molecule is Cc1ccc(C)c(NC(=O)C(=O)N/N=C\c2cc(C)n(-c3cc(Cl)cc(Cl)c3)c2C)c1. The molecule has 3 rings (SSSR count). The number of amides is 2. The Morgan fingerprint density at radius 2 is 1.61 bits per heavy atom. The van der Waals surface area contributed by atoms with Gasteiger partial charge in [-0.2, -0.15) is 5.10 Å². The first kappa shape index (κ1) is 22.6. The van der Waals surface area contributed by atoms with Gasteiger partial charge in [0.25, 0.3) is 0 Å². The van der Waals surface area contributed by atoms with Crippen molar-refractivity contribution in [1.29, 1.82) is 0 Å². The van der Waals surface area contributed by atoms with Gasteiger partial charge in [0, 0.05) is 38.4 Å². The molecule has 3 aromatic rings. The molecule has 1 heterocycles. The van der Waals surface area contributed by atoms with Crippen LogP contribution in [0.1, 0.15) is 28.1 Å². The number of halogens is 2. The topological polar surface area (TPSA) is 75.5 Å². The zero-order valence-electron chi connectivity index (χ0n) is 17.6. The molecule has 0 fully saturated rings. The Hall–Kier alpha value is -3.09. The minimum atomic E-state index is -0.854. The Morgan fingerprint density at radius 3 is 2.29 bits per heavy atom. The van der Waals surface area contributed by atoms with Crippen LogP contribution in [0.2, 0.25) is 10.0 Å². The molecule has 6 nitrogen and oxygen atoms in total. The van der Waals surface area contributed by atoms with Gasteiger partial charge >= 0.3 is 11.8 Å². The van der Waals surface area contributed by atoms with Crippen molar-refractivity contribution < 1.29 is 9.59 Å². The van der Waals surface area contributed by atoms with Gasteiger partial charge in [0.15, 0.2) is 0 Å². The summed E-state index contributed by atoms with van der Waals surface area (Å²) in [5.74, 6) is -1.64. The summed E-state index contributed by atoms with van der Waals surface area (Å²) < 4.78 is 1.98. The fourth-order valence-electron chi connectivity index (χ4n) is 3.24. The lowest BCUT2D eigenvalue weighted by Crippen LogP contribution is -2.32. The number of nitrogens with one attached hydrogen (secondary N) is 2. The van der Waals surface area contributed by atoms with Crippen LogP contribution in [0.15, 0.2) is 47.6 Å². The van der Waals surface area contributed by atoms with Crippen molar-refractivity contribution in [3.05, 3.63) is 80.6 Å². The van der Waals surface area contributed by atoms with Crippen LogP contribution >= 0.6 is 23.2 Å². The number of anilines is 1. The Bertz CT molecular complexity index is 1180. The highest BCUT2D eigenvalue weighted by molar-refractivity contribution is 6.39. The quantitative estimate of drug-likeness (QED) is 0.325. The highest BCUT2D eigenvalue weighted by atomic mass is 35.5. The second kappa shape index (κ2) is 9.37. The Kier molecular flexibility index (Phi) is 6.83. The maximum atomic E-state index is 12.2. The average Bonchev–Trinajstić information content (AvgIpc) is 2.97. The standard InChI is InChI=1S/C23H22Cl2N4O2/c1-13-5-6-14(2)21(7-13)27-22(30)23(31)28-26-12-17-8-15(3)29(16(17)4)20-10-18(24)9-19(25)11-20/h5-12H,1-4H3,(H,27,30)(H,28,31)/b26-12-. The molecule has 2 N–H and O–H groups in total. The summed E-state index contributed by atoms with van der Waals surface area (Å²) in [4.78, 5) is 24.3. The van der Waals surface area contributed by atoms with Crippen LogP contribution in [-0.4, -0.2) is 22.6 Å². The van der Waals surface area contributed by atoms with E-state index in [1.54, 1.807) is 12.1 Å². The van der Waals surface area contributed by atoms with Crippen LogP contribution < -0.4 is 10.7 Å². The van der Waals surface area contributed by atoms with Crippen LogP contribution in [0.3, 0.4) is 0 Å². The molecule has 0 aliphatic rings. The normalized spacial score (nSPS) is 11.0. The fourth-order valence-corrected chi connectivity index (χ4v) is 3.76. The van der Waals surface area contributed by atoms with Crippen LogP contribution in [0.5, 0.6) is 0 Å². The number of carbonyl (C=O) groups excluding carboxylic acids is 2. The number of carbonyl (C=O) groups is 2. The number of rotatable bonds is 4. The number of nitrogens with zero attached hydrogens (tertiary/aromatic N) is 2. The summed E-state index contributed by atoms with van der Waals surface area (Å²) >= 11 is 12.3. The second-order valence-corrected chi connectivity index (χ2v) is 8.13. The molecule has 8 heteroatoms. The molecule has 0 bridgehead atoms. The summed E-state index contributed by atoms with van der Waals surface area (Å²) in [5.41, 5.74) is 8.13. The second-order valence-electron chi connectivity index (χ2n) is 7.26. The maximum absolute atomic E-state index is 12.2. The van der Waals surface area contributed by atoms with Gasteiger partial charge in [-0.3, -0.25) is 9.59 Å². The van der Waals surface area contributed by atoms with Gasteiger partial charge in [0.1, 0.15) is 0 Å². The predicted octanol–water partition coefficient (Wildman–Crippen LogP) is 5.11. The lowest BCUT2D eigenvalue weighted by atomic mass is 10.1. The third-order valence-corrected chi connectivity index (χ3v) is 5.23. The number of hydrogen-bond acceptors (Lipinski definition) is 3. The minimum absolute atomic E-state index is 0.535. The van der Waals surface area contributed by atoms with E-state index in [0.717, 1.165) is 33.8 Å². The van der Waals surface area contributed by atoms with Gasteiger partial charge in [-0.1, -0.05) is 35.3 Å². The molecule has 2 aromatic carbocycles. The Balaban J connectivity index is 1.71. The first-order chi connectivity index (χ1) is 14.7. The van der Waals surface area contributed by atoms with Crippen molar-refractivity contribution >= 4 is 46.9 Å². The third-order valence-electron chi connectivity index (χ3n) is 4.79. The van der Waals surface area contributed by atoms with Crippen LogP contribution in [0, 0.1) is 27.7 Å². The molecule has 1 aromatic heterocycles.